The van der Waals surface area contributed by atoms with Crippen LogP contribution in [0.2, 0.25) is 0 Å². The van der Waals surface area contributed by atoms with Crippen LogP contribution in [0.5, 0.6) is 5.75 Å². The Morgan fingerprint density at radius 1 is 1.23 bits per heavy atom. The first-order valence-corrected chi connectivity index (χ1v) is 7.30. The minimum absolute atomic E-state index is 0.199. The number of likely N-dealkylation sites (tertiary alicyclic amines) is 1. The van der Waals surface area contributed by atoms with Gasteiger partial charge in [0.2, 0.25) is 0 Å². The van der Waals surface area contributed by atoms with Crippen molar-refractivity contribution in [2.45, 2.75) is 31.7 Å². The Bertz CT molecular complexity index is 542. The van der Waals surface area contributed by atoms with Crippen molar-refractivity contribution in [1.82, 2.24) is 4.90 Å². The van der Waals surface area contributed by atoms with Gasteiger partial charge < -0.3 is 19.8 Å². The first kappa shape index (κ1) is 16.1. The Morgan fingerprint density at radius 2 is 1.86 bits per heavy atom. The van der Waals surface area contributed by atoms with E-state index in [4.69, 9.17) is 4.74 Å². The molecule has 2 rings (SSSR count). The van der Waals surface area contributed by atoms with Gasteiger partial charge in [0, 0.05) is 12.6 Å². The molecule has 6 nitrogen and oxygen atoms in total. The Hall–Kier alpha value is -2.24. The predicted molar refractivity (Wildman–Crippen MR) is 80.3 cm³/mol. The number of carboxylic acids is 1. The molecule has 0 saturated carbocycles. The summed E-state index contributed by atoms with van der Waals surface area (Å²) in [5.74, 6) is -0.951. The van der Waals surface area contributed by atoms with Crippen LogP contribution in [-0.2, 0) is 4.79 Å². The van der Waals surface area contributed by atoms with Crippen molar-refractivity contribution in [1.29, 1.82) is 0 Å². The van der Waals surface area contributed by atoms with E-state index < -0.39 is 18.0 Å². The van der Waals surface area contributed by atoms with Crippen LogP contribution in [0.15, 0.2) is 24.3 Å². The number of methoxy groups -OCH3 is 1. The van der Waals surface area contributed by atoms with Crippen molar-refractivity contribution < 1.29 is 24.5 Å². The summed E-state index contributed by atoms with van der Waals surface area (Å²) in [6, 6.07) is 7.03. The third-order valence-electron chi connectivity index (χ3n) is 4.40. The Kier molecular flexibility index (Phi) is 4.90. The second kappa shape index (κ2) is 6.68. The average Bonchev–Trinajstić information content (AvgIpc) is 2.66. The van der Waals surface area contributed by atoms with Crippen LogP contribution in [-0.4, -0.2) is 46.9 Å². The predicted octanol–water partition coefficient (Wildman–Crippen LogP) is 2.64. The molecule has 1 fully saturated rings. The fraction of sp³-hybridized carbons (Fsp3) is 0.500. The van der Waals surface area contributed by atoms with E-state index in [1.54, 1.807) is 26.2 Å². The van der Waals surface area contributed by atoms with E-state index in [-0.39, 0.29) is 12.0 Å². The summed E-state index contributed by atoms with van der Waals surface area (Å²) in [5, 5.41) is 18.8. The van der Waals surface area contributed by atoms with Crippen molar-refractivity contribution in [2.24, 2.45) is 5.92 Å². The lowest BCUT2D eigenvalue weighted by atomic mass is 9.81. The Balaban J connectivity index is 2.29. The molecule has 6 heteroatoms. The fourth-order valence-electron chi connectivity index (χ4n) is 3.17. The average molecular weight is 307 g/mol. The lowest BCUT2D eigenvalue weighted by Crippen LogP contribution is -2.37. The summed E-state index contributed by atoms with van der Waals surface area (Å²) in [6.07, 6.45) is -0.176. The van der Waals surface area contributed by atoms with Gasteiger partial charge in [-0.05, 0) is 43.4 Å². The topological polar surface area (TPSA) is 87.1 Å². The molecule has 1 aliphatic rings. The summed E-state index contributed by atoms with van der Waals surface area (Å²) in [5.41, 5.74) is 0.910. The van der Waals surface area contributed by atoms with Gasteiger partial charge in [-0.1, -0.05) is 12.1 Å². The maximum atomic E-state index is 11.6. The van der Waals surface area contributed by atoms with E-state index in [1.165, 1.54) is 4.90 Å². The van der Waals surface area contributed by atoms with Crippen LogP contribution < -0.4 is 4.74 Å². The van der Waals surface area contributed by atoms with E-state index in [0.29, 0.717) is 25.1 Å². The quantitative estimate of drug-likeness (QED) is 0.896. The summed E-state index contributed by atoms with van der Waals surface area (Å²) in [7, 11) is 1.58. The lowest BCUT2D eigenvalue weighted by molar-refractivity contribution is -0.143. The van der Waals surface area contributed by atoms with Crippen molar-refractivity contribution in [2.75, 3.05) is 13.7 Å². The zero-order chi connectivity index (χ0) is 16.3. The minimum atomic E-state index is -0.994. The van der Waals surface area contributed by atoms with E-state index in [0.717, 1.165) is 5.56 Å². The lowest BCUT2D eigenvalue weighted by Gasteiger charge is -2.24. The van der Waals surface area contributed by atoms with Gasteiger partial charge in [0.25, 0.3) is 0 Å². The SMILES string of the molecule is COc1ccc(C2CCN(C(=O)O)C(C)C[C@@H]2C(=O)O)cc1. The Labute approximate surface area is 129 Å². The van der Waals surface area contributed by atoms with E-state index >= 15 is 0 Å². The van der Waals surface area contributed by atoms with E-state index in [2.05, 4.69) is 0 Å². The number of ether oxygens (including phenoxy) is 1. The molecular weight excluding hydrogens is 286 g/mol. The van der Waals surface area contributed by atoms with Crippen LogP contribution in [0, 0.1) is 5.92 Å². The van der Waals surface area contributed by atoms with Crippen LogP contribution >= 0.6 is 0 Å². The van der Waals surface area contributed by atoms with E-state index in [1.807, 2.05) is 12.1 Å². The molecular formula is C16H21NO5. The van der Waals surface area contributed by atoms with E-state index in [9.17, 15) is 19.8 Å². The molecule has 2 N–H and O–H groups in total. The van der Waals surface area contributed by atoms with Crippen molar-refractivity contribution in [3.05, 3.63) is 29.8 Å². The molecule has 2 unspecified atom stereocenters. The fourth-order valence-corrected chi connectivity index (χ4v) is 3.17. The highest BCUT2D eigenvalue weighted by Gasteiger charge is 2.37. The van der Waals surface area contributed by atoms with Crippen LogP contribution in [0.25, 0.3) is 0 Å². The molecule has 3 atom stereocenters. The highest BCUT2D eigenvalue weighted by molar-refractivity contribution is 5.72. The first-order valence-electron chi connectivity index (χ1n) is 7.30. The van der Waals surface area contributed by atoms with Crippen molar-refractivity contribution in [3.63, 3.8) is 0 Å². The third kappa shape index (κ3) is 3.32. The molecule has 0 bridgehead atoms. The highest BCUT2D eigenvalue weighted by Crippen LogP contribution is 2.36. The van der Waals surface area contributed by atoms with Crippen molar-refractivity contribution in [3.8, 4) is 5.75 Å². The monoisotopic (exact) mass is 307 g/mol. The van der Waals surface area contributed by atoms with Crippen LogP contribution in [0.3, 0.4) is 0 Å². The molecule has 1 aromatic carbocycles. The number of hydrogen-bond donors (Lipinski definition) is 2. The van der Waals surface area contributed by atoms with Gasteiger partial charge in [-0.15, -0.1) is 0 Å². The molecule has 0 radical (unpaired) electrons. The molecule has 1 amide bonds. The third-order valence-corrected chi connectivity index (χ3v) is 4.40. The van der Waals surface area contributed by atoms with Gasteiger partial charge in [0.05, 0.1) is 13.0 Å². The molecule has 0 aliphatic carbocycles. The van der Waals surface area contributed by atoms with Gasteiger partial charge in [-0.2, -0.15) is 0 Å². The van der Waals surface area contributed by atoms with Gasteiger partial charge in [0.15, 0.2) is 0 Å². The van der Waals surface area contributed by atoms with Crippen LogP contribution in [0.4, 0.5) is 4.79 Å². The summed E-state index contributed by atoms with van der Waals surface area (Å²) < 4.78 is 5.12. The Morgan fingerprint density at radius 3 is 2.36 bits per heavy atom. The molecule has 1 aromatic rings. The number of hydrogen-bond acceptors (Lipinski definition) is 3. The maximum Gasteiger partial charge on any atom is 0.407 e. The first-order chi connectivity index (χ1) is 10.4. The number of aliphatic carboxylic acids is 1. The van der Waals surface area contributed by atoms with Gasteiger partial charge in [-0.25, -0.2) is 4.79 Å². The number of rotatable bonds is 3. The van der Waals surface area contributed by atoms with Crippen LogP contribution in [0.1, 0.15) is 31.2 Å². The summed E-state index contributed by atoms with van der Waals surface area (Å²) in [6.45, 7) is 2.11. The number of benzene rings is 1. The maximum absolute atomic E-state index is 11.6. The number of carbonyl (C=O) groups is 2. The van der Waals surface area contributed by atoms with Gasteiger partial charge in [-0.3, -0.25) is 4.79 Å². The summed E-state index contributed by atoms with van der Waals surface area (Å²) in [4.78, 5) is 24.3. The van der Waals surface area contributed by atoms with Gasteiger partial charge in [0.1, 0.15) is 5.75 Å². The smallest absolute Gasteiger partial charge is 0.407 e. The zero-order valence-electron chi connectivity index (χ0n) is 12.7. The summed E-state index contributed by atoms with van der Waals surface area (Å²) >= 11 is 0. The standard InChI is InChI=1S/C16H21NO5/c1-10-9-14(15(18)19)13(7-8-17(10)16(20)21)11-3-5-12(22-2)6-4-11/h3-6,10,13-14H,7-9H2,1-2H3,(H,18,19)(H,20,21)/t10?,13?,14-/m0/s1. The molecule has 1 heterocycles. The molecule has 0 spiro atoms. The van der Waals surface area contributed by atoms with Crippen molar-refractivity contribution >= 4 is 12.1 Å². The number of nitrogens with zero attached hydrogens (tertiary/aromatic N) is 1. The minimum Gasteiger partial charge on any atom is -0.497 e. The number of amides is 1. The molecule has 0 aromatic heterocycles. The highest BCUT2D eigenvalue weighted by atomic mass is 16.5. The largest absolute Gasteiger partial charge is 0.497 e. The molecule has 22 heavy (non-hydrogen) atoms. The molecule has 1 saturated heterocycles. The molecule has 120 valence electrons. The second-order valence-electron chi connectivity index (χ2n) is 5.67. The second-order valence-corrected chi connectivity index (χ2v) is 5.67. The normalized spacial score (nSPS) is 25.4. The van der Waals surface area contributed by atoms with Gasteiger partial charge >= 0.3 is 12.1 Å². The zero-order valence-corrected chi connectivity index (χ0v) is 12.7. The molecule has 1 aliphatic heterocycles. The number of carboxylic acid groups (broad SMARTS) is 2.